The molecule has 4 nitrogen and oxygen atoms in total. The highest BCUT2D eigenvalue weighted by Gasteiger charge is 2.13. The van der Waals surface area contributed by atoms with Gasteiger partial charge in [0.1, 0.15) is 0 Å². The second kappa shape index (κ2) is 5.23. The van der Waals surface area contributed by atoms with Crippen LogP contribution < -0.4 is 0 Å². The van der Waals surface area contributed by atoms with Crippen LogP contribution in [0.2, 0.25) is 10.0 Å². The van der Waals surface area contributed by atoms with Gasteiger partial charge in [-0.2, -0.15) is 5.10 Å². The van der Waals surface area contributed by atoms with Crippen LogP contribution in [0.4, 0.5) is 0 Å². The topological polar surface area (TPSA) is 47.3 Å². The fourth-order valence-corrected chi connectivity index (χ4v) is 2.30. The Morgan fingerprint density at radius 1 is 1.20 bits per heavy atom. The van der Waals surface area contributed by atoms with Crippen LogP contribution in [0.3, 0.4) is 0 Å². The maximum absolute atomic E-state index is 12.3. The highest BCUT2D eigenvalue weighted by molar-refractivity contribution is 6.42. The average Bonchev–Trinajstić information content (AvgIpc) is 2.87. The number of nitrogens with zero attached hydrogens (tertiary/aromatic N) is 3. The molecule has 0 amide bonds. The van der Waals surface area contributed by atoms with Crippen LogP contribution in [-0.2, 0) is 6.42 Å². The molecule has 100 valence electrons. The smallest absolute Gasteiger partial charge is 0.171 e. The van der Waals surface area contributed by atoms with Gasteiger partial charge < -0.3 is 0 Å². The zero-order chi connectivity index (χ0) is 14.1. The van der Waals surface area contributed by atoms with E-state index in [9.17, 15) is 4.79 Å². The molecule has 3 aromatic rings. The molecule has 0 N–H and O–H groups in total. The van der Waals surface area contributed by atoms with E-state index in [0.717, 1.165) is 5.56 Å². The Bertz CT molecular complexity index is 798. The van der Waals surface area contributed by atoms with E-state index in [2.05, 4.69) is 10.1 Å². The molecule has 0 aliphatic carbocycles. The number of carbonyl (C=O) groups is 1. The molecule has 0 unspecified atom stereocenters. The van der Waals surface area contributed by atoms with Crippen molar-refractivity contribution in [2.45, 2.75) is 6.42 Å². The van der Waals surface area contributed by atoms with E-state index in [1.807, 2.05) is 0 Å². The summed E-state index contributed by atoms with van der Waals surface area (Å²) in [5, 5.41) is 5.04. The standard InChI is InChI=1S/C14H9Cl2N3O/c15-11-2-1-9(5-12(11)16)6-14(20)10-7-18-19-4-3-17-8-13(10)19/h1-5,7-8H,6H2. The van der Waals surface area contributed by atoms with Crippen LogP contribution in [-0.4, -0.2) is 20.4 Å². The van der Waals surface area contributed by atoms with E-state index in [-0.39, 0.29) is 12.2 Å². The van der Waals surface area contributed by atoms with Crippen molar-refractivity contribution >= 4 is 34.5 Å². The number of rotatable bonds is 3. The third-order valence-electron chi connectivity index (χ3n) is 2.97. The van der Waals surface area contributed by atoms with E-state index in [0.29, 0.717) is 21.1 Å². The molecule has 1 aromatic carbocycles. The molecule has 0 aliphatic rings. The molecule has 0 fully saturated rings. The Balaban J connectivity index is 1.91. The zero-order valence-corrected chi connectivity index (χ0v) is 11.8. The Morgan fingerprint density at radius 2 is 2.05 bits per heavy atom. The van der Waals surface area contributed by atoms with Crippen LogP contribution in [0.1, 0.15) is 15.9 Å². The molecular formula is C14H9Cl2N3O. The van der Waals surface area contributed by atoms with Gasteiger partial charge in [-0.05, 0) is 17.7 Å². The first-order valence-electron chi connectivity index (χ1n) is 5.89. The van der Waals surface area contributed by atoms with Gasteiger partial charge in [-0.25, -0.2) is 4.52 Å². The zero-order valence-electron chi connectivity index (χ0n) is 10.3. The molecule has 3 rings (SSSR count). The largest absolute Gasteiger partial charge is 0.294 e. The minimum Gasteiger partial charge on any atom is -0.294 e. The number of benzene rings is 1. The highest BCUT2D eigenvalue weighted by Crippen LogP contribution is 2.23. The number of halogens is 2. The number of hydrogen-bond donors (Lipinski definition) is 0. The molecule has 6 heteroatoms. The quantitative estimate of drug-likeness (QED) is 0.696. The fraction of sp³-hybridized carbons (Fsp3) is 0.0714. The summed E-state index contributed by atoms with van der Waals surface area (Å²) >= 11 is 11.8. The van der Waals surface area contributed by atoms with Crippen molar-refractivity contribution in [3.8, 4) is 0 Å². The molecule has 0 bridgehead atoms. The van der Waals surface area contributed by atoms with Crippen molar-refractivity contribution in [2.24, 2.45) is 0 Å². The third kappa shape index (κ3) is 2.40. The van der Waals surface area contributed by atoms with Gasteiger partial charge in [-0.1, -0.05) is 29.3 Å². The summed E-state index contributed by atoms with van der Waals surface area (Å²) in [6, 6.07) is 5.17. The minimum absolute atomic E-state index is 0.0358. The van der Waals surface area contributed by atoms with Gasteiger partial charge in [0, 0.05) is 18.8 Å². The first-order valence-corrected chi connectivity index (χ1v) is 6.65. The molecule has 0 atom stereocenters. The highest BCUT2D eigenvalue weighted by atomic mass is 35.5. The number of aromatic nitrogens is 3. The molecule has 2 heterocycles. The Labute approximate surface area is 125 Å². The van der Waals surface area contributed by atoms with Gasteiger partial charge in [-0.15, -0.1) is 0 Å². The first-order chi connectivity index (χ1) is 9.65. The molecule has 2 aromatic heterocycles. The summed E-state index contributed by atoms with van der Waals surface area (Å²) in [5.74, 6) is -0.0358. The van der Waals surface area contributed by atoms with E-state index in [1.165, 1.54) is 0 Å². The summed E-state index contributed by atoms with van der Waals surface area (Å²) in [6.45, 7) is 0. The van der Waals surface area contributed by atoms with Crippen molar-refractivity contribution in [3.05, 3.63) is 64.2 Å². The molecule has 0 saturated heterocycles. The van der Waals surface area contributed by atoms with E-state index >= 15 is 0 Å². The fourth-order valence-electron chi connectivity index (χ4n) is 1.98. The summed E-state index contributed by atoms with van der Waals surface area (Å²) < 4.78 is 1.62. The van der Waals surface area contributed by atoms with Crippen LogP contribution in [0.15, 0.2) is 43.0 Å². The molecule has 0 saturated carbocycles. The average molecular weight is 306 g/mol. The number of hydrogen-bond acceptors (Lipinski definition) is 3. The summed E-state index contributed by atoms with van der Waals surface area (Å²) in [6.07, 6.45) is 6.73. The maximum atomic E-state index is 12.3. The van der Waals surface area contributed by atoms with Crippen LogP contribution >= 0.6 is 23.2 Å². The SMILES string of the molecule is O=C(Cc1ccc(Cl)c(Cl)c1)c1cnn2ccncc12. The van der Waals surface area contributed by atoms with Crippen LogP contribution in [0.25, 0.3) is 5.52 Å². The lowest BCUT2D eigenvalue weighted by atomic mass is 10.0. The molecule has 20 heavy (non-hydrogen) atoms. The van der Waals surface area contributed by atoms with Crippen molar-refractivity contribution < 1.29 is 4.79 Å². The van der Waals surface area contributed by atoms with Crippen molar-refractivity contribution in [3.63, 3.8) is 0 Å². The van der Waals surface area contributed by atoms with Crippen LogP contribution in [0.5, 0.6) is 0 Å². The van der Waals surface area contributed by atoms with Gasteiger partial charge >= 0.3 is 0 Å². The minimum atomic E-state index is -0.0358. The number of ketones is 1. The normalized spacial score (nSPS) is 10.9. The third-order valence-corrected chi connectivity index (χ3v) is 3.71. The van der Waals surface area contributed by atoms with E-state index < -0.39 is 0 Å². The number of carbonyl (C=O) groups excluding carboxylic acids is 1. The summed E-state index contributed by atoms with van der Waals surface area (Å²) in [5.41, 5.74) is 2.05. The van der Waals surface area contributed by atoms with Gasteiger partial charge in [0.15, 0.2) is 5.78 Å². The lowest BCUT2D eigenvalue weighted by Crippen LogP contribution is -2.03. The lowest BCUT2D eigenvalue weighted by Gasteiger charge is -2.02. The van der Waals surface area contributed by atoms with E-state index in [4.69, 9.17) is 23.2 Å². The van der Waals surface area contributed by atoms with Crippen molar-refractivity contribution in [2.75, 3.05) is 0 Å². The number of fused-ring (bicyclic) bond motifs is 1. The van der Waals surface area contributed by atoms with Gasteiger partial charge in [0.2, 0.25) is 0 Å². The molecule has 0 spiro atoms. The molecule has 0 radical (unpaired) electrons. The monoisotopic (exact) mass is 305 g/mol. The predicted octanol–water partition coefficient (Wildman–Crippen LogP) is 3.46. The maximum Gasteiger partial charge on any atom is 0.171 e. The van der Waals surface area contributed by atoms with Crippen LogP contribution in [0, 0.1) is 0 Å². The summed E-state index contributed by atoms with van der Waals surface area (Å²) in [4.78, 5) is 16.3. The second-order valence-corrected chi connectivity index (χ2v) is 5.13. The van der Waals surface area contributed by atoms with Gasteiger partial charge in [0.05, 0.1) is 33.5 Å². The lowest BCUT2D eigenvalue weighted by molar-refractivity contribution is 0.0994. The molecular weight excluding hydrogens is 297 g/mol. The van der Waals surface area contributed by atoms with E-state index in [1.54, 1.807) is 47.5 Å². The van der Waals surface area contributed by atoms with Crippen molar-refractivity contribution in [1.29, 1.82) is 0 Å². The predicted molar refractivity (Wildman–Crippen MR) is 77.5 cm³/mol. The van der Waals surface area contributed by atoms with Gasteiger partial charge in [-0.3, -0.25) is 9.78 Å². The Hall–Kier alpha value is -1.91. The Kier molecular flexibility index (Phi) is 3.42. The Morgan fingerprint density at radius 3 is 2.85 bits per heavy atom. The van der Waals surface area contributed by atoms with Crippen molar-refractivity contribution in [1.82, 2.24) is 14.6 Å². The summed E-state index contributed by atoms with van der Waals surface area (Å²) in [7, 11) is 0. The first kappa shape index (κ1) is 13.1. The number of Topliss-reactive ketones (excluding diaryl/α,β-unsaturated/α-hetero) is 1. The second-order valence-electron chi connectivity index (χ2n) is 4.31. The van der Waals surface area contributed by atoms with Gasteiger partial charge in [0.25, 0.3) is 0 Å². The molecule has 0 aliphatic heterocycles.